The minimum atomic E-state index is -0.0769. The standard InChI is InChI=1S/C18H32N2O3/c1-4-23-18(22)15-9-11-20(12-10-15)13-17(21)19(3)16-7-5-14(2)6-8-16/h14-16H,4-13H2,1-3H3. The molecule has 23 heavy (non-hydrogen) atoms. The summed E-state index contributed by atoms with van der Waals surface area (Å²) in [6.07, 6.45) is 6.33. The number of carbonyl (C=O) groups is 2. The maximum absolute atomic E-state index is 12.5. The first-order valence-electron chi connectivity index (χ1n) is 9.15. The summed E-state index contributed by atoms with van der Waals surface area (Å²) < 4.78 is 5.09. The Morgan fingerprint density at radius 1 is 1.09 bits per heavy atom. The van der Waals surface area contributed by atoms with Gasteiger partial charge in [0.25, 0.3) is 0 Å². The van der Waals surface area contributed by atoms with E-state index in [4.69, 9.17) is 4.74 Å². The molecule has 0 N–H and O–H groups in total. The van der Waals surface area contributed by atoms with Gasteiger partial charge in [-0.3, -0.25) is 14.5 Å². The van der Waals surface area contributed by atoms with Crippen molar-refractivity contribution in [1.29, 1.82) is 0 Å². The van der Waals surface area contributed by atoms with Gasteiger partial charge in [-0.2, -0.15) is 0 Å². The Hall–Kier alpha value is -1.10. The molecule has 5 nitrogen and oxygen atoms in total. The van der Waals surface area contributed by atoms with Crippen molar-refractivity contribution in [2.75, 3.05) is 33.3 Å². The summed E-state index contributed by atoms with van der Waals surface area (Å²) in [5.41, 5.74) is 0. The molecule has 2 fully saturated rings. The number of ether oxygens (including phenoxy) is 1. The summed E-state index contributed by atoms with van der Waals surface area (Å²) in [5.74, 6) is 0.960. The van der Waals surface area contributed by atoms with E-state index in [1.807, 2.05) is 18.9 Å². The van der Waals surface area contributed by atoms with Crippen molar-refractivity contribution in [3.05, 3.63) is 0 Å². The zero-order chi connectivity index (χ0) is 16.8. The first-order chi connectivity index (χ1) is 11.0. The third kappa shape index (κ3) is 5.20. The van der Waals surface area contributed by atoms with E-state index in [-0.39, 0.29) is 17.8 Å². The first kappa shape index (κ1) is 18.2. The summed E-state index contributed by atoms with van der Waals surface area (Å²) in [6.45, 7) is 6.69. The van der Waals surface area contributed by atoms with Crippen LogP contribution < -0.4 is 0 Å². The van der Waals surface area contributed by atoms with Gasteiger partial charge in [0, 0.05) is 13.1 Å². The average molecular weight is 324 g/mol. The van der Waals surface area contributed by atoms with E-state index >= 15 is 0 Å². The number of esters is 1. The highest BCUT2D eigenvalue weighted by molar-refractivity contribution is 5.78. The van der Waals surface area contributed by atoms with E-state index in [0.29, 0.717) is 19.2 Å². The molecule has 1 amide bonds. The smallest absolute Gasteiger partial charge is 0.309 e. The minimum absolute atomic E-state index is 0.0128. The SMILES string of the molecule is CCOC(=O)C1CCN(CC(=O)N(C)C2CCC(C)CC2)CC1. The monoisotopic (exact) mass is 324 g/mol. The van der Waals surface area contributed by atoms with Crippen LogP contribution in [0, 0.1) is 11.8 Å². The molecule has 1 aliphatic heterocycles. The van der Waals surface area contributed by atoms with Gasteiger partial charge in [-0.15, -0.1) is 0 Å². The van der Waals surface area contributed by atoms with Crippen molar-refractivity contribution in [3.8, 4) is 0 Å². The molecular weight excluding hydrogens is 292 g/mol. The second-order valence-corrected chi connectivity index (χ2v) is 7.22. The van der Waals surface area contributed by atoms with E-state index in [2.05, 4.69) is 11.8 Å². The van der Waals surface area contributed by atoms with Gasteiger partial charge < -0.3 is 9.64 Å². The van der Waals surface area contributed by atoms with Crippen molar-refractivity contribution in [3.63, 3.8) is 0 Å². The number of nitrogens with zero attached hydrogens (tertiary/aromatic N) is 2. The predicted molar refractivity (Wildman–Crippen MR) is 90.0 cm³/mol. The lowest BCUT2D eigenvalue weighted by atomic mass is 9.87. The topological polar surface area (TPSA) is 49.9 Å². The van der Waals surface area contributed by atoms with Gasteiger partial charge in [0.1, 0.15) is 0 Å². The third-order valence-corrected chi connectivity index (χ3v) is 5.49. The summed E-state index contributed by atoms with van der Waals surface area (Å²) >= 11 is 0. The fourth-order valence-corrected chi connectivity index (χ4v) is 3.72. The van der Waals surface area contributed by atoms with E-state index in [9.17, 15) is 9.59 Å². The van der Waals surface area contributed by atoms with Crippen molar-refractivity contribution in [2.24, 2.45) is 11.8 Å². The molecule has 5 heteroatoms. The van der Waals surface area contributed by atoms with Crippen LogP contribution in [0.3, 0.4) is 0 Å². The summed E-state index contributed by atoms with van der Waals surface area (Å²) in [6, 6.07) is 0.413. The van der Waals surface area contributed by atoms with E-state index in [1.54, 1.807) is 0 Å². The number of carbonyl (C=O) groups excluding carboxylic acids is 2. The molecule has 0 aromatic heterocycles. The molecule has 0 aromatic rings. The van der Waals surface area contributed by atoms with Crippen LogP contribution in [0.25, 0.3) is 0 Å². The van der Waals surface area contributed by atoms with Gasteiger partial charge in [-0.1, -0.05) is 6.92 Å². The Labute approximate surface area is 140 Å². The average Bonchev–Trinajstić information content (AvgIpc) is 2.55. The number of hydrogen-bond acceptors (Lipinski definition) is 4. The van der Waals surface area contributed by atoms with Crippen molar-refractivity contribution in [1.82, 2.24) is 9.80 Å². The maximum atomic E-state index is 12.5. The number of likely N-dealkylation sites (tertiary alicyclic amines) is 1. The predicted octanol–water partition coefficient (Wildman–Crippen LogP) is 2.30. The first-order valence-corrected chi connectivity index (χ1v) is 9.15. The number of amides is 1. The van der Waals surface area contributed by atoms with Crippen molar-refractivity contribution < 1.29 is 14.3 Å². The fourth-order valence-electron chi connectivity index (χ4n) is 3.72. The summed E-state index contributed by atoms with van der Waals surface area (Å²) in [4.78, 5) is 28.4. The highest BCUT2D eigenvalue weighted by atomic mass is 16.5. The Balaban J connectivity index is 1.73. The third-order valence-electron chi connectivity index (χ3n) is 5.49. The lowest BCUT2D eigenvalue weighted by Crippen LogP contribution is -2.47. The highest BCUT2D eigenvalue weighted by Crippen LogP contribution is 2.26. The Kier molecular flexibility index (Phi) is 6.88. The van der Waals surface area contributed by atoms with E-state index in [0.717, 1.165) is 44.7 Å². The van der Waals surface area contributed by atoms with Crippen LogP contribution in [0.5, 0.6) is 0 Å². The lowest BCUT2D eigenvalue weighted by Gasteiger charge is -2.36. The van der Waals surface area contributed by atoms with E-state index in [1.165, 1.54) is 12.8 Å². The zero-order valence-corrected chi connectivity index (χ0v) is 14.9. The zero-order valence-electron chi connectivity index (χ0n) is 14.9. The molecule has 0 aromatic carbocycles. The number of likely N-dealkylation sites (N-methyl/N-ethyl adjacent to an activating group) is 1. The Morgan fingerprint density at radius 2 is 1.70 bits per heavy atom. The molecule has 132 valence electrons. The van der Waals surface area contributed by atoms with Crippen LogP contribution in [0.4, 0.5) is 0 Å². The second kappa shape index (κ2) is 8.67. The number of hydrogen-bond donors (Lipinski definition) is 0. The molecular formula is C18H32N2O3. The van der Waals surface area contributed by atoms with Crippen LogP contribution in [-0.2, 0) is 14.3 Å². The quantitative estimate of drug-likeness (QED) is 0.728. The van der Waals surface area contributed by atoms with Crippen molar-refractivity contribution >= 4 is 11.9 Å². The van der Waals surface area contributed by atoms with Gasteiger partial charge >= 0.3 is 5.97 Å². The molecule has 2 rings (SSSR count). The van der Waals surface area contributed by atoms with Crippen LogP contribution in [0.15, 0.2) is 0 Å². The molecule has 0 atom stereocenters. The molecule has 0 spiro atoms. The molecule has 1 heterocycles. The Bertz CT molecular complexity index is 397. The highest BCUT2D eigenvalue weighted by Gasteiger charge is 2.29. The molecule has 0 unspecified atom stereocenters. The normalized spacial score (nSPS) is 26.7. The molecule has 2 aliphatic rings. The number of piperidine rings is 1. The summed E-state index contributed by atoms with van der Waals surface area (Å²) in [5, 5.41) is 0. The molecule has 1 aliphatic carbocycles. The van der Waals surface area contributed by atoms with E-state index < -0.39 is 0 Å². The fraction of sp³-hybridized carbons (Fsp3) is 0.889. The van der Waals surface area contributed by atoms with Crippen LogP contribution in [0.2, 0.25) is 0 Å². The largest absolute Gasteiger partial charge is 0.466 e. The van der Waals surface area contributed by atoms with Crippen LogP contribution in [0.1, 0.15) is 52.4 Å². The molecule has 1 saturated heterocycles. The van der Waals surface area contributed by atoms with Crippen molar-refractivity contribution in [2.45, 2.75) is 58.4 Å². The Morgan fingerprint density at radius 3 is 2.26 bits per heavy atom. The lowest BCUT2D eigenvalue weighted by molar-refractivity contribution is -0.149. The molecule has 1 saturated carbocycles. The van der Waals surface area contributed by atoms with Gasteiger partial charge in [-0.25, -0.2) is 0 Å². The molecule has 0 radical (unpaired) electrons. The van der Waals surface area contributed by atoms with Gasteiger partial charge in [-0.05, 0) is 64.5 Å². The second-order valence-electron chi connectivity index (χ2n) is 7.22. The maximum Gasteiger partial charge on any atom is 0.309 e. The summed E-state index contributed by atoms with van der Waals surface area (Å²) in [7, 11) is 1.95. The van der Waals surface area contributed by atoms with Crippen LogP contribution in [-0.4, -0.2) is 61.0 Å². The molecule has 0 bridgehead atoms. The van der Waals surface area contributed by atoms with Crippen LogP contribution >= 0.6 is 0 Å². The minimum Gasteiger partial charge on any atom is -0.466 e. The van der Waals surface area contributed by atoms with Gasteiger partial charge in [0.05, 0.1) is 19.1 Å². The van der Waals surface area contributed by atoms with Gasteiger partial charge in [0.15, 0.2) is 0 Å². The number of rotatable bonds is 5. The van der Waals surface area contributed by atoms with Gasteiger partial charge in [0.2, 0.25) is 5.91 Å².